The number of hydrogen-bond donors (Lipinski definition) is 0. The molecule has 6 nitrogen and oxygen atoms in total. The molecule has 0 radical (unpaired) electrons. The molecule has 1 aromatic heterocycles. The second kappa shape index (κ2) is 4.10. The van der Waals surface area contributed by atoms with Crippen LogP contribution in [0, 0.1) is 10.1 Å². The van der Waals surface area contributed by atoms with Gasteiger partial charge in [0, 0.05) is 11.1 Å². The van der Waals surface area contributed by atoms with Crippen molar-refractivity contribution < 1.29 is 14.4 Å². The zero-order chi connectivity index (χ0) is 10.7. The zero-order valence-corrected chi connectivity index (χ0v) is 8.24. The van der Waals surface area contributed by atoms with Crippen LogP contribution in [0.4, 0.5) is 5.82 Å². The third-order valence-corrected chi connectivity index (χ3v) is 1.75. The van der Waals surface area contributed by atoms with Gasteiger partial charge in [0.1, 0.15) is 5.02 Å². The SMILES string of the molecule is COc1cc(Cl)c([N+](=O)[O-])nc1OC. The summed E-state index contributed by atoms with van der Waals surface area (Å²) in [5.74, 6) is -0.170. The molecule has 14 heavy (non-hydrogen) atoms. The highest BCUT2D eigenvalue weighted by molar-refractivity contribution is 6.32. The lowest BCUT2D eigenvalue weighted by molar-refractivity contribution is -0.389. The summed E-state index contributed by atoms with van der Waals surface area (Å²) in [5.41, 5.74) is 0. The molecule has 76 valence electrons. The first-order valence-electron chi connectivity index (χ1n) is 3.53. The van der Waals surface area contributed by atoms with Gasteiger partial charge in [-0.1, -0.05) is 11.6 Å². The fourth-order valence-electron chi connectivity index (χ4n) is 0.867. The van der Waals surface area contributed by atoms with Crippen LogP contribution in [0.1, 0.15) is 0 Å². The molecule has 0 unspecified atom stereocenters. The van der Waals surface area contributed by atoms with Crippen LogP contribution in [0.25, 0.3) is 0 Å². The predicted molar refractivity (Wildman–Crippen MR) is 49.0 cm³/mol. The molecular formula is C7H7ClN2O4. The minimum atomic E-state index is -0.690. The van der Waals surface area contributed by atoms with Gasteiger partial charge in [-0.2, -0.15) is 0 Å². The fraction of sp³-hybridized carbons (Fsp3) is 0.286. The second-order valence-electron chi connectivity index (χ2n) is 2.26. The number of nitrogens with zero attached hydrogens (tertiary/aromatic N) is 2. The van der Waals surface area contributed by atoms with Crippen LogP contribution in [0.3, 0.4) is 0 Å². The van der Waals surface area contributed by atoms with Gasteiger partial charge in [0.15, 0.2) is 0 Å². The molecule has 0 amide bonds. The number of methoxy groups -OCH3 is 2. The molecule has 0 fully saturated rings. The van der Waals surface area contributed by atoms with Gasteiger partial charge in [-0.3, -0.25) is 0 Å². The van der Waals surface area contributed by atoms with Crippen LogP contribution in [-0.4, -0.2) is 24.1 Å². The van der Waals surface area contributed by atoms with E-state index in [4.69, 9.17) is 21.1 Å². The van der Waals surface area contributed by atoms with Crippen molar-refractivity contribution in [2.24, 2.45) is 0 Å². The van der Waals surface area contributed by atoms with Crippen LogP contribution in [0.5, 0.6) is 11.6 Å². The van der Waals surface area contributed by atoms with E-state index in [9.17, 15) is 10.1 Å². The lowest BCUT2D eigenvalue weighted by atomic mass is 10.4. The number of halogens is 1. The monoisotopic (exact) mass is 218 g/mol. The first-order chi connectivity index (χ1) is 6.60. The summed E-state index contributed by atoms with van der Waals surface area (Å²) in [5, 5.41) is 10.4. The van der Waals surface area contributed by atoms with E-state index in [0.29, 0.717) is 0 Å². The number of pyridine rings is 1. The number of ether oxygens (including phenoxy) is 2. The Labute approximate surface area is 84.6 Å². The van der Waals surface area contributed by atoms with E-state index in [2.05, 4.69) is 4.98 Å². The largest absolute Gasteiger partial charge is 0.489 e. The van der Waals surface area contributed by atoms with Crippen LogP contribution < -0.4 is 9.47 Å². The Morgan fingerprint density at radius 3 is 2.57 bits per heavy atom. The van der Waals surface area contributed by atoms with Gasteiger partial charge in [0.05, 0.1) is 14.2 Å². The Morgan fingerprint density at radius 1 is 1.50 bits per heavy atom. The predicted octanol–water partition coefficient (Wildman–Crippen LogP) is 1.66. The first kappa shape index (κ1) is 10.5. The first-order valence-corrected chi connectivity index (χ1v) is 3.91. The lowest BCUT2D eigenvalue weighted by Crippen LogP contribution is -1.98. The number of hydrogen-bond acceptors (Lipinski definition) is 5. The van der Waals surface area contributed by atoms with E-state index in [1.165, 1.54) is 20.3 Å². The Hall–Kier alpha value is -1.56. The highest BCUT2D eigenvalue weighted by Gasteiger charge is 2.21. The molecule has 0 saturated carbocycles. The van der Waals surface area contributed by atoms with Crippen LogP contribution in [0.2, 0.25) is 5.02 Å². The molecule has 0 aliphatic carbocycles. The van der Waals surface area contributed by atoms with Crippen molar-refractivity contribution in [3.8, 4) is 11.6 Å². The average Bonchev–Trinajstić information content (AvgIpc) is 2.16. The summed E-state index contributed by atoms with van der Waals surface area (Å²) in [4.78, 5) is 13.3. The molecule has 0 spiro atoms. The quantitative estimate of drug-likeness (QED) is 0.570. The molecule has 7 heteroatoms. The third-order valence-electron chi connectivity index (χ3n) is 1.48. The number of nitro groups is 1. The maximum atomic E-state index is 10.5. The lowest BCUT2D eigenvalue weighted by Gasteiger charge is -2.03. The molecule has 1 rings (SSSR count). The van der Waals surface area contributed by atoms with E-state index >= 15 is 0 Å². The molecule has 1 aromatic rings. The van der Waals surface area contributed by atoms with E-state index in [0.717, 1.165) is 0 Å². The van der Waals surface area contributed by atoms with Gasteiger partial charge in [-0.05, 0) is 4.92 Å². The molecule has 0 bridgehead atoms. The Balaban J connectivity index is 3.30. The van der Waals surface area contributed by atoms with Gasteiger partial charge >= 0.3 is 11.7 Å². The summed E-state index contributed by atoms with van der Waals surface area (Å²) in [6.07, 6.45) is 0. The number of aromatic nitrogens is 1. The maximum Gasteiger partial charge on any atom is 0.386 e. The van der Waals surface area contributed by atoms with Crippen LogP contribution in [0.15, 0.2) is 6.07 Å². The topological polar surface area (TPSA) is 74.5 Å². The van der Waals surface area contributed by atoms with Crippen molar-refractivity contribution in [1.82, 2.24) is 4.98 Å². The van der Waals surface area contributed by atoms with Crippen molar-refractivity contribution in [1.29, 1.82) is 0 Å². The minimum absolute atomic E-state index is 0.0311. The summed E-state index contributed by atoms with van der Waals surface area (Å²) < 4.78 is 9.64. The van der Waals surface area contributed by atoms with E-state index in [-0.39, 0.29) is 16.7 Å². The van der Waals surface area contributed by atoms with Gasteiger partial charge in [-0.25, -0.2) is 0 Å². The average molecular weight is 219 g/mol. The third kappa shape index (κ3) is 1.85. The van der Waals surface area contributed by atoms with E-state index in [1.807, 2.05) is 0 Å². The summed E-state index contributed by atoms with van der Waals surface area (Å²) in [7, 11) is 2.73. The maximum absolute atomic E-state index is 10.5. The highest BCUT2D eigenvalue weighted by Crippen LogP contribution is 2.33. The molecule has 1 heterocycles. The second-order valence-corrected chi connectivity index (χ2v) is 2.67. The smallest absolute Gasteiger partial charge is 0.386 e. The fourth-order valence-corrected chi connectivity index (χ4v) is 1.08. The summed E-state index contributed by atoms with van der Waals surface area (Å²) in [6, 6.07) is 1.28. The Kier molecular flexibility index (Phi) is 3.08. The summed E-state index contributed by atoms with van der Waals surface area (Å²) in [6.45, 7) is 0. The number of rotatable bonds is 3. The van der Waals surface area contributed by atoms with E-state index < -0.39 is 10.7 Å². The molecule has 0 saturated heterocycles. The van der Waals surface area contributed by atoms with Crippen LogP contribution in [-0.2, 0) is 0 Å². The molecule has 0 atom stereocenters. The van der Waals surface area contributed by atoms with Gasteiger partial charge in [-0.15, -0.1) is 0 Å². The van der Waals surface area contributed by atoms with Gasteiger partial charge < -0.3 is 19.6 Å². The van der Waals surface area contributed by atoms with Crippen molar-refractivity contribution >= 4 is 17.4 Å². The minimum Gasteiger partial charge on any atom is -0.489 e. The molecular weight excluding hydrogens is 212 g/mol. The van der Waals surface area contributed by atoms with Crippen molar-refractivity contribution in [2.75, 3.05) is 14.2 Å². The highest BCUT2D eigenvalue weighted by atomic mass is 35.5. The van der Waals surface area contributed by atoms with Crippen molar-refractivity contribution in [2.45, 2.75) is 0 Å². The van der Waals surface area contributed by atoms with Gasteiger partial charge in [0.25, 0.3) is 0 Å². The molecule has 0 aliphatic heterocycles. The van der Waals surface area contributed by atoms with Crippen molar-refractivity contribution in [3.63, 3.8) is 0 Å². The van der Waals surface area contributed by atoms with E-state index in [1.54, 1.807) is 0 Å². The summed E-state index contributed by atoms with van der Waals surface area (Å²) >= 11 is 5.59. The Bertz CT molecular complexity index is 369. The van der Waals surface area contributed by atoms with Crippen molar-refractivity contribution in [3.05, 3.63) is 21.2 Å². The molecule has 0 N–H and O–H groups in total. The Morgan fingerprint density at radius 2 is 2.14 bits per heavy atom. The van der Waals surface area contributed by atoms with Crippen LogP contribution >= 0.6 is 11.6 Å². The molecule has 0 aromatic carbocycles. The zero-order valence-electron chi connectivity index (χ0n) is 7.48. The normalized spacial score (nSPS) is 9.64. The van der Waals surface area contributed by atoms with Gasteiger partial charge in [0.2, 0.25) is 5.75 Å². The molecule has 0 aliphatic rings. The standard InChI is InChI=1S/C7H7ClN2O4/c1-13-5-3-4(8)6(10(11)12)9-7(5)14-2/h3H,1-2H3.